The number of phenolic OH excluding ortho intramolecular Hbond substituents is 1. The molecule has 0 saturated heterocycles. The van der Waals surface area contributed by atoms with Crippen LogP contribution in [0.4, 0.5) is 8.78 Å². The van der Waals surface area contributed by atoms with Crippen molar-refractivity contribution in [2.24, 2.45) is 0 Å². The molecule has 24 heavy (non-hydrogen) atoms. The smallest absolute Gasteiger partial charge is 0.402 e. The Morgan fingerprint density at radius 3 is 2.50 bits per heavy atom. The third kappa shape index (κ3) is 5.13. The van der Waals surface area contributed by atoms with E-state index in [-0.39, 0.29) is 11.5 Å². The van der Waals surface area contributed by atoms with Gasteiger partial charge in [-0.25, -0.2) is 4.79 Å². The molecule has 1 aromatic carbocycles. The molecule has 0 spiro atoms. The fourth-order valence-electron chi connectivity index (χ4n) is 1.30. The van der Waals surface area contributed by atoms with Crippen LogP contribution in [-0.2, 0) is 19.6 Å². The highest BCUT2D eigenvalue weighted by atomic mass is 127. The first-order valence-corrected chi connectivity index (χ1v) is 9.47. The molecule has 0 saturated carbocycles. The Bertz CT molecular complexity index is 765. The first kappa shape index (κ1) is 21.3. The Kier molecular flexibility index (Phi) is 7.18. The summed E-state index contributed by atoms with van der Waals surface area (Å²) in [5.74, 6) is -1.65. The zero-order chi connectivity index (χ0) is 18.7. The fourth-order valence-corrected chi connectivity index (χ4v) is 2.88. The molecule has 134 valence electrons. The Labute approximate surface area is 163 Å². The molecule has 0 heterocycles. The summed E-state index contributed by atoms with van der Waals surface area (Å²) in [4.78, 5) is 11.4. The van der Waals surface area contributed by atoms with Gasteiger partial charge in [-0.15, -0.1) is 0 Å². The van der Waals surface area contributed by atoms with Gasteiger partial charge in [0.15, 0.2) is 24.7 Å². The summed E-state index contributed by atoms with van der Waals surface area (Å²) < 4.78 is 64.9. The number of phenols is 1. The van der Waals surface area contributed by atoms with Crippen LogP contribution < -0.4 is 4.74 Å². The molecular formula is C12H10F2I2O7S. The number of carbonyl (C=O) groups excluding carboxylic acids is 1. The second-order valence-corrected chi connectivity index (χ2v) is 7.99. The standard InChI is InChI=1S/C12H10F2I2O7S/c1-2-6-3-7(15)10(18)11(9(6)16)22-4-8(17)23-5-12(13,14)24(19,20)21/h2-3,18H,1,4-5H2,(H,19,20,21). The molecule has 0 aliphatic heterocycles. The van der Waals surface area contributed by atoms with E-state index in [0.717, 1.165) is 0 Å². The summed E-state index contributed by atoms with van der Waals surface area (Å²) in [5, 5.41) is 5.29. The molecule has 0 unspecified atom stereocenters. The summed E-state index contributed by atoms with van der Waals surface area (Å²) in [7, 11) is -5.70. The SMILES string of the molecule is C=Cc1cc(I)c(O)c(OCC(=O)OCC(F)(F)S(=O)(=O)O)c1I. The molecule has 0 aliphatic rings. The maximum atomic E-state index is 12.9. The van der Waals surface area contributed by atoms with Crippen LogP contribution >= 0.6 is 45.2 Å². The number of ether oxygens (including phenoxy) is 2. The van der Waals surface area contributed by atoms with Crippen molar-refractivity contribution < 1.29 is 41.1 Å². The van der Waals surface area contributed by atoms with Gasteiger partial charge in [0.05, 0.1) is 7.14 Å². The van der Waals surface area contributed by atoms with Gasteiger partial charge >= 0.3 is 21.3 Å². The van der Waals surface area contributed by atoms with Gasteiger partial charge in [0.1, 0.15) is 0 Å². The van der Waals surface area contributed by atoms with Crippen LogP contribution in [0.3, 0.4) is 0 Å². The molecule has 0 bridgehead atoms. The third-order valence-corrected chi connectivity index (χ3v) is 5.32. The average Bonchev–Trinajstić information content (AvgIpc) is 2.47. The number of aromatic hydroxyl groups is 1. The zero-order valence-corrected chi connectivity index (χ0v) is 16.8. The van der Waals surface area contributed by atoms with Gasteiger partial charge in [0.2, 0.25) is 0 Å². The van der Waals surface area contributed by atoms with Gasteiger partial charge in [0, 0.05) is 0 Å². The lowest BCUT2D eigenvalue weighted by atomic mass is 10.2. The first-order chi connectivity index (χ1) is 10.9. The second-order valence-electron chi connectivity index (χ2n) is 4.21. The zero-order valence-electron chi connectivity index (χ0n) is 11.6. The Morgan fingerprint density at radius 2 is 2.00 bits per heavy atom. The van der Waals surface area contributed by atoms with E-state index in [0.29, 0.717) is 12.7 Å². The van der Waals surface area contributed by atoms with E-state index in [9.17, 15) is 27.1 Å². The van der Waals surface area contributed by atoms with Crippen LogP contribution in [0, 0.1) is 7.14 Å². The highest BCUT2D eigenvalue weighted by molar-refractivity contribution is 14.1. The van der Waals surface area contributed by atoms with Gasteiger partial charge in [-0.1, -0.05) is 12.7 Å². The van der Waals surface area contributed by atoms with E-state index in [1.165, 1.54) is 6.08 Å². The van der Waals surface area contributed by atoms with Gasteiger partial charge in [0.25, 0.3) is 0 Å². The lowest BCUT2D eigenvalue weighted by Gasteiger charge is -2.15. The average molecular weight is 590 g/mol. The Morgan fingerprint density at radius 1 is 1.42 bits per heavy atom. The largest absolute Gasteiger partial charge is 0.503 e. The van der Waals surface area contributed by atoms with Crippen molar-refractivity contribution in [1.29, 1.82) is 0 Å². The van der Waals surface area contributed by atoms with E-state index < -0.39 is 34.6 Å². The minimum Gasteiger partial charge on any atom is -0.503 e. The number of benzene rings is 1. The van der Waals surface area contributed by atoms with Crippen LogP contribution in [0.1, 0.15) is 5.56 Å². The second kappa shape index (κ2) is 8.09. The summed E-state index contributed by atoms with van der Waals surface area (Å²) in [5.41, 5.74) is 0.610. The minimum absolute atomic E-state index is 0.0733. The molecular weight excluding hydrogens is 580 g/mol. The number of hydrogen-bond donors (Lipinski definition) is 2. The third-order valence-electron chi connectivity index (χ3n) is 2.51. The van der Waals surface area contributed by atoms with Crippen LogP contribution in [0.25, 0.3) is 6.08 Å². The van der Waals surface area contributed by atoms with E-state index in [2.05, 4.69) is 11.3 Å². The van der Waals surface area contributed by atoms with Gasteiger partial charge in [-0.2, -0.15) is 17.2 Å². The van der Waals surface area contributed by atoms with Crippen molar-refractivity contribution in [3.8, 4) is 11.5 Å². The lowest BCUT2D eigenvalue weighted by Crippen LogP contribution is -2.35. The maximum Gasteiger partial charge on any atom is 0.402 e. The molecule has 1 aromatic rings. The number of esters is 1. The predicted molar refractivity (Wildman–Crippen MR) is 96.6 cm³/mol. The number of hydrogen-bond acceptors (Lipinski definition) is 6. The quantitative estimate of drug-likeness (QED) is 0.286. The van der Waals surface area contributed by atoms with E-state index in [1.807, 2.05) is 45.2 Å². The highest BCUT2D eigenvalue weighted by Crippen LogP contribution is 2.38. The van der Waals surface area contributed by atoms with Crippen LogP contribution in [0.2, 0.25) is 0 Å². The maximum absolute atomic E-state index is 12.9. The Balaban J connectivity index is 2.79. The van der Waals surface area contributed by atoms with Gasteiger partial charge in [-0.05, 0) is 56.8 Å². The number of rotatable bonds is 7. The molecule has 2 N–H and O–H groups in total. The Hall–Kier alpha value is -0.740. The van der Waals surface area contributed by atoms with Crippen LogP contribution in [-0.4, -0.2) is 42.5 Å². The molecule has 0 amide bonds. The summed E-state index contributed by atoms with van der Waals surface area (Å²) >= 11 is 3.65. The van der Waals surface area contributed by atoms with Gasteiger partial charge in [-0.3, -0.25) is 4.55 Å². The summed E-state index contributed by atoms with van der Waals surface area (Å²) in [6.45, 7) is 0.858. The highest BCUT2D eigenvalue weighted by Gasteiger charge is 2.45. The van der Waals surface area contributed by atoms with Crippen molar-refractivity contribution in [1.82, 2.24) is 0 Å². The van der Waals surface area contributed by atoms with Crippen LogP contribution in [0.5, 0.6) is 11.5 Å². The fraction of sp³-hybridized carbons (Fsp3) is 0.250. The molecule has 12 heteroatoms. The van der Waals surface area contributed by atoms with E-state index in [4.69, 9.17) is 9.29 Å². The van der Waals surface area contributed by atoms with Crippen molar-refractivity contribution in [2.75, 3.05) is 13.2 Å². The minimum atomic E-state index is -5.70. The first-order valence-electron chi connectivity index (χ1n) is 5.87. The van der Waals surface area contributed by atoms with Gasteiger partial charge < -0.3 is 14.6 Å². The summed E-state index contributed by atoms with van der Waals surface area (Å²) in [6, 6.07) is 1.61. The monoisotopic (exact) mass is 590 g/mol. The van der Waals surface area contributed by atoms with Crippen molar-refractivity contribution in [3.05, 3.63) is 25.3 Å². The van der Waals surface area contributed by atoms with E-state index in [1.54, 1.807) is 6.07 Å². The topological polar surface area (TPSA) is 110 Å². The van der Waals surface area contributed by atoms with Crippen LogP contribution in [0.15, 0.2) is 12.6 Å². The molecule has 0 aromatic heterocycles. The van der Waals surface area contributed by atoms with Crippen molar-refractivity contribution >= 4 is 67.3 Å². The molecule has 0 atom stereocenters. The number of carbonyl (C=O) groups is 1. The lowest BCUT2D eigenvalue weighted by molar-refractivity contribution is -0.152. The van der Waals surface area contributed by atoms with Crippen molar-refractivity contribution in [2.45, 2.75) is 5.25 Å². The summed E-state index contributed by atoms with van der Waals surface area (Å²) in [6.07, 6.45) is 1.49. The molecule has 0 fully saturated rings. The molecule has 0 radical (unpaired) electrons. The molecule has 1 rings (SSSR count). The predicted octanol–water partition coefficient (Wildman–Crippen LogP) is 2.65. The number of halogens is 4. The molecule has 7 nitrogen and oxygen atoms in total. The number of alkyl halides is 2. The van der Waals surface area contributed by atoms with E-state index >= 15 is 0 Å². The normalized spacial score (nSPS) is 11.9. The molecule has 0 aliphatic carbocycles. The van der Waals surface area contributed by atoms with Crippen molar-refractivity contribution in [3.63, 3.8) is 0 Å².